The first kappa shape index (κ1) is 12.5. The number of rotatable bonds is 4. The topological polar surface area (TPSA) is 73.4 Å². The minimum absolute atomic E-state index is 0.00268. The Balaban J connectivity index is 2.82. The predicted octanol–water partition coefficient (Wildman–Crippen LogP) is 0.109. The molecule has 1 unspecified atom stereocenters. The number of nitrogens with two attached hydrogens (primary N) is 1. The predicted molar refractivity (Wildman–Crippen MR) is 61.1 cm³/mol. The van der Waals surface area contributed by atoms with Crippen LogP contribution in [0.1, 0.15) is 17.3 Å². The van der Waals surface area contributed by atoms with Crippen molar-refractivity contribution in [3.63, 3.8) is 0 Å². The normalized spacial score (nSPS) is 12.5. The minimum Gasteiger partial charge on any atom is -0.383 e. The van der Waals surface area contributed by atoms with Gasteiger partial charge in [0.15, 0.2) is 0 Å². The van der Waals surface area contributed by atoms with Crippen LogP contribution in [-0.4, -0.2) is 47.4 Å². The summed E-state index contributed by atoms with van der Waals surface area (Å²) >= 11 is 0. The third-order valence-electron chi connectivity index (χ3n) is 2.60. The lowest BCUT2D eigenvalue weighted by Gasteiger charge is -2.23. The summed E-state index contributed by atoms with van der Waals surface area (Å²) in [6, 6.07) is -0.00268. The molecule has 1 atom stereocenters. The molecule has 1 aromatic heterocycles. The van der Waals surface area contributed by atoms with Gasteiger partial charge in [-0.05, 0) is 6.92 Å². The second-order valence-electron chi connectivity index (χ2n) is 3.79. The van der Waals surface area contributed by atoms with Gasteiger partial charge in [0.1, 0.15) is 11.4 Å². The van der Waals surface area contributed by atoms with Crippen molar-refractivity contribution in [2.24, 2.45) is 7.05 Å². The van der Waals surface area contributed by atoms with E-state index < -0.39 is 0 Å². The number of hydrogen-bond donors (Lipinski definition) is 1. The Morgan fingerprint density at radius 3 is 2.81 bits per heavy atom. The van der Waals surface area contributed by atoms with E-state index in [9.17, 15) is 4.79 Å². The summed E-state index contributed by atoms with van der Waals surface area (Å²) < 4.78 is 6.47. The number of amides is 1. The number of hydrogen-bond acceptors (Lipinski definition) is 4. The molecular weight excluding hydrogens is 208 g/mol. The van der Waals surface area contributed by atoms with Gasteiger partial charge in [-0.2, -0.15) is 5.10 Å². The van der Waals surface area contributed by atoms with E-state index in [1.807, 2.05) is 6.92 Å². The largest absolute Gasteiger partial charge is 0.383 e. The molecule has 16 heavy (non-hydrogen) atoms. The monoisotopic (exact) mass is 226 g/mol. The third-order valence-corrected chi connectivity index (χ3v) is 2.60. The molecule has 0 aliphatic carbocycles. The second-order valence-corrected chi connectivity index (χ2v) is 3.79. The Bertz CT molecular complexity index is 375. The van der Waals surface area contributed by atoms with Crippen molar-refractivity contribution in [2.45, 2.75) is 13.0 Å². The molecule has 0 aliphatic heterocycles. The molecule has 2 N–H and O–H groups in total. The first-order valence-electron chi connectivity index (χ1n) is 5.02. The Morgan fingerprint density at radius 2 is 2.38 bits per heavy atom. The van der Waals surface area contributed by atoms with Gasteiger partial charge in [-0.1, -0.05) is 0 Å². The summed E-state index contributed by atoms with van der Waals surface area (Å²) in [6.45, 7) is 2.40. The second kappa shape index (κ2) is 4.98. The van der Waals surface area contributed by atoms with Gasteiger partial charge in [-0.25, -0.2) is 0 Å². The molecule has 1 aromatic rings. The van der Waals surface area contributed by atoms with Gasteiger partial charge in [-0.15, -0.1) is 0 Å². The molecule has 0 saturated carbocycles. The zero-order valence-corrected chi connectivity index (χ0v) is 10.1. The van der Waals surface area contributed by atoms with Crippen molar-refractivity contribution in [3.8, 4) is 0 Å². The molecule has 0 aliphatic rings. The van der Waals surface area contributed by atoms with Crippen molar-refractivity contribution in [3.05, 3.63) is 11.8 Å². The highest BCUT2D eigenvalue weighted by molar-refractivity contribution is 5.98. The fraction of sp³-hybridized carbons (Fsp3) is 0.600. The van der Waals surface area contributed by atoms with Gasteiger partial charge in [-0.3, -0.25) is 9.48 Å². The molecule has 0 bridgehead atoms. The average Bonchev–Trinajstić information content (AvgIpc) is 2.58. The average molecular weight is 226 g/mol. The minimum atomic E-state index is -0.143. The number of aromatic nitrogens is 2. The van der Waals surface area contributed by atoms with Crippen molar-refractivity contribution in [1.29, 1.82) is 0 Å². The first-order chi connectivity index (χ1) is 7.49. The van der Waals surface area contributed by atoms with Gasteiger partial charge in [0.25, 0.3) is 5.91 Å². The summed E-state index contributed by atoms with van der Waals surface area (Å²) in [5.74, 6) is 0.233. The van der Waals surface area contributed by atoms with Gasteiger partial charge in [0, 0.05) is 21.2 Å². The zero-order chi connectivity index (χ0) is 12.3. The first-order valence-corrected chi connectivity index (χ1v) is 5.02. The molecule has 90 valence electrons. The van der Waals surface area contributed by atoms with Crippen LogP contribution in [0.5, 0.6) is 0 Å². The van der Waals surface area contributed by atoms with Gasteiger partial charge in [0.05, 0.1) is 18.8 Å². The number of nitrogens with zero attached hydrogens (tertiary/aromatic N) is 3. The number of nitrogen functional groups attached to an aromatic ring is 1. The van der Waals surface area contributed by atoms with Crippen LogP contribution in [0.4, 0.5) is 5.82 Å². The maximum absolute atomic E-state index is 12.0. The lowest BCUT2D eigenvalue weighted by atomic mass is 10.2. The molecule has 0 radical (unpaired) electrons. The maximum atomic E-state index is 12.0. The van der Waals surface area contributed by atoms with Gasteiger partial charge < -0.3 is 15.4 Å². The lowest BCUT2D eigenvalue weighted by molar-refractivity contribution is 0.0634. The SMILES string of the molecule is COCC(C)N(C)C(=O)c1cnn(C)c1N. The third kappa shape index (κ3) is 2.33. The molecule has 0 aromatic carbocycles. The molecule has 6 nitrogen and oxygen atoms in total. The molecule has 0 saturated heterocycles. The summed E-state index contributed by atoms with van der Waals surface area (Å²) in [6.07, 6.45) is 1.48. The van der Waals surface area contributed by atoms with Crippen LogP contribution in [0.25, 0.3) is 0 Å². The van der Waals surface area contributed by atoms with Crippen molar-refractivity contribution in [1.82, 2.24) is 14.7 Å². The number of anilines is 1. The molecule has 6 heteroatoms. The lowest BCUT2D eigenvalue weighted by Crippen LogP contribution is -2.38. The molecule has 0 spiro atoms. The summed E-state index contributed by atoms with van der Waals surface area (Å²) in [5, 5.41) is 3.94. The summed E-state index contributed by atoms with van der Waals surface area (Å²) in [7, 11) is 5.02. The van der Waals surface area contributed by atoms with Crippen molar-refractivity contribution < 1.29 is 9.53 Å². The van der Waals surface area contributed by atoms with Crippen LogP contribution >= 0.6 is 0 Å². The smallest absolute Gasteiger partial charge is 0.259 e. The van der Waals surface area contributed by atoms with E-state index in [1.54, 1.807) is 26.1 Å². The number of carbonyl (C=O) groups excluding carboxylic acids is 1. The fourth-order valence-corrected chi connectivity index (χ4v) is 1.35. The van der Waals surface area contributed by atoms with E-state index in [1.165, 1.54) is 10.9 Å². The van der Waals surface area contributed by atoms with Crippen LogP contribution in [0.15, 0.2) is 6.20 Å². The Hall–Kier alpha value is -1.56. The Labute approximate surface area is 95.0 Å². The van der Waals surface area contributed by atoms with E-state index >= 15 is 0 Å². The fourth-order valence-electron chi connectivity index (χ4n) is 1.35. The number of ether oxygens (including phenoxy) is 1. The number of likely N-dealkylation sites (N-methyl/N-ethyl adjacent to an activating group) is 1. The van der Waals surface area contributed by atoms with Crippen LogP contribution in [0.2, 0.25) is 0 Å². The van der Waals surface area contributed by atoms with Crippen LogP contribution in [-0.2, 0) is 11.8 Å². The number of aryl methyl sites for hydroxylation is 1. The van der Waals surface area contributed by atoms with Crippen molar-refractivity contribution in [2.75, 3.05) is 26.5 Å². The van der Waals surface area contributed by atoms with E-state index in [4.69, 9.17) is 10.5 Å². The van der Waals surface area contributed by atoms with Crippen LogP contribution in [0.3, 0.4) is 0 Å². The maximum Gasteiger partial charge on any atom is 0.259 e. The van der Waals surface area contributed by atoms with E-state index in [0.717, 1.165) is 0 Å². The van der Waals surface area contributed by atoms with Gasteiger partial charge in [0.2, 0.25) is 0 Å². The van der Waals surface area contributed by atoms with E-state index in [-0.39, 0.29) is 11.9 Å². The van der Waals surface area contributed by atoms with E-state index in [2.05, 4.69) is 5.10 Å². The van der Waals surface area contributed by atoms with Crippen LogP contribution in [0, 0.1) is 0 Å². The quantitative estimate of drug-likeness (QED) is 0.790. The summed E-state index contributed by atoms with van der Waals surface area (Å²) in [4.78, 5) is 13.6. The number of carbonyl (C=O) groups is 1. The van der Waals surface area contributed by atoms with E-state index in [0.29, 0.717) is 18.0 Å². The number of methoxy groups -OCH3 is 1. The highest BCUT2D eigenvalue weighted by atomic mass is 16.5. The highest BCUT2D eigenvalue weighted by Gasteiger charge is 2.21. The standard InChI is InChI=1S/C10H18N4O2/c1-7(6-16-4)13(2)10(15)8-5-12-14(3)9(8)11/h5,7H,6,11H2,1-4H3. The van der Waals surface area contributed by atoms with Crippen molar-refractivity contribution >= 4 is 11.7 Å². The Morgan fingerprint density at radius 1 is 1.75 bits per heavy atom. The molecule has 1 amide bonds. The van der Waals surface area contributed by atoms with Crippen LogP contribution < -0.4 is 5.73 Å². The molecule has 1 heterocycles. The van der Waals surface area contributed by atoms with Gasteiger partial charge >= 0.3 is 0 Å². The molecule has 0 fully saturated rings. The highest BCUT2D eigenvalue weighted by Crippen LogP contribution is 2.13. The molecule has 1 rings (SSSR count). The zero-order valence-electron chi connectivity index (χ0n) is 10.1. The Kier molecular flexibility index (Phi) is 3.89. The molecular formula is C10H18N4O2. The summed E-state index contributed by atoms with van der Waals surface area (Å²) in [5.41, 5.74) is 6.16.